The molecular formula is C45H28N4Si. The van der Waals surface area contributed by atoms with Crippen molar-refractivity contribution >= 4 is 50.6 Å². The third kappa shape index (κ3) is 4.80. The summed E-state index contributed by atoms with van der Waals surface area (Å²) in [6.07, 6.45) is 0. The van der Waals surface area contributed by atoms with Crippen LogP contribution in [0.2, 0.25) is 0 Å². The monoisotopic (exact) mass is 652 g/mol. The Kier molecular flexibility index (Phi) is 7.63. The summed E-state index contributed by atoms with van der Waals surface area (Å²) in [5.74, 6) is 0. The number of nitrogens with zero attached hydrogens (tertiary/aromatic N) is 4. The summed E-state index contributed by atoms with van der Waals surface area (Å²) >= 11 is 0. The topological polar surface area (TPSA) is 76.3 Å². The first-order valence-corrected chi connectivity index (χ1v) is 18.4. The van der Waals surface area contributed by atoms with Gasteiger partial charge >= 0.3 is 0 Å². The number of hydrogen-bond donors (Lipinski definition) is 0. The largest absolute Gasteiger partial charge is 0.308 e. The number of rotatable bonds is 6. The van der Waals surface area contributed by atoms with Crippen molar-refractivity contribution in [3.8, 4) is 35.0 Å². The first-order chi connectivity index (χ1) is 24.7. The fourth-order valence-corrected chi connectivity index (χ4v) is 12.4. The fraction of sp³-hybridized carbons (Fsp3) is 0. The van der Waals surface area contributed by atoms with Crippen molar-refractivity contribution in [3.63, 3.8) is 0 Å². The lowest BCUT2D eigenvalue weighted by atomic mass is 10.0. The summed E-state index contributed by atoms with van der Waals surface area (Å²) in [7, 11) is -2.91. The van der Waals surface area contributed by atoms with Crippen LogP contribution in [-0.2, 0) is 0 Å². The van der Waals surface area contributed by atoms with Crippen molar-refractivity contribution < 1.29 is 0 Å². The maximum atomic E-state index is 10.8. The Balaban J connectivity index is 1.32. The van der Waals surface area contributed by atoms with Crippen LogP contribution in [0.1, 0.15) is 16.7 Å². The number of hydrogen-bond acceptors (Lipinski definition) is 3. The normalized spacial score (nSPS) is 11.1. The summed E-state index contributed by atoms with van der Waals surface area (Å²) in [5, 5.41) is 37.5. The molecule has 1 aromatic heterocycles. The number of benzene rings is 7. The zero-order valence-electron chi connectivity index (χ0n) is 27.0. The van der Waals surface area contributed by atoms with E-state index < -0.39 is 8.07 Å². The maximum Gasteiger partial charge on any atom is 0.180 e. The van der Waals surface area contributed by atoms with Crippen molar-refractivity contribution in [1.29, 1.82) is 15.8 Å². The molecule has 0 radical (unpaired) electrons. The van der Waals surface area contributed by atoms with E-state index in [1.165, 1.54) is 15.6 Å². The van der Waals surface area contributed by atoms with E-state index in [4.69, 9.17) is 0 Å². The standard InChI is InChI=1S/C45H28N4Si/c46-29-32-20-23-44-41(26-32)40-18-10-11-19-43(40)49(44)42-24-21-33(27-35(42)30-47)34-22-25-45(36(28-34)31-48)50(37-12-4-1-5-13-37,38-14-6-2-7-15-38)39-16-8-3-9-17-39/h1-28H. The molecule has 232 valence electrons. The quantitative estimate of drug-likeness (QED) is 0.138. The molecule has 0 N–H and O–H groups in total. The summed E-state index contributed by atoms with van der Waals surface area (Å²) < 4.78 is 2.09. The zero-order chi connectivity index (χ0) is 34.1. The third-order valence-corrected chi connectivity index (χ3v) is 14.5. The molecule has 0 aliphatic heterocycles. The molecule has 0 aliphatic rings. The molecule has 0 fully saturated rings. The van der Waals surface area contributed by atoms with Crippen molar-refractivity contribution in [2.45, 2.75) is 0 Å². The molecule has 8 rings (SSSR count). The van der Waals surface area contributed by atoms with E-state index in [2.05, 4.69) is 108 Å². The highest BCUT2D eigenvalue weighted by molar-refractivity contribution is 7.20. The van der Waals surface area contributed by atoms with Crippen molar-refractivity contribution in [2.75, 3.05) is 0 Å². The Hall–Kier alpha value is -6.97. The minimum atomic E-state index is -2.91. The molecule has 0 atom stereocenters. The molecule has 7 aromatic carbocycles. The maximum absolute atomic E-state index is 10.8. The molecule has 0 amide bonds. The Bertz CT molecular complexity index is 2580. The van der Waals surface area contributed by atoms with Crippen molar-refractivity contribution in [3.05, 3.63) is 187 Å². The van der Waals surface area contributed by atoms with Crippen LogP contribution in [0, 0.1) is 34.0 Å². The molecule has 50 heavy (non-hydrogen) atoms. The molecular weight excluding hydrogens is 625 g/mol. The average Bonchev–Trinajstić information content (AvgIpc) is 3.52. The van der Waals surface area contributed by atoms with E-state index in [-0.39, 0.29) is 0 Å². The third-order valence-electron chi connectivity index (χ3n) is 9.66. The predicted octanol–water partition coefficient (Wildman–Crippen LogP) is 7.44. The average molecular weight is 653 g/mol. The van der Waals surface area contributed by atoms with Crippen molar-refractivity contribution in [1.82, 2.24) is 4.57 Å². The van der Waals surface area contributed by atoms with Gasteiger partial charge < -0.3 is 4.57 Å². The van der Waals surface area contributed by atoms with E-state index in [1.54, 1.807) is 0 Å². The second-order valence-electron chi connectivity index (χ2n) is 12.3. The highest BCUT2D eigenvalue weighted by Crippen LogP contribution is 2.35. The highest BCUT2D eigenvalue weighted by atomic mass is 28.3. The van der Waals surface area contributed by atoms with Gasteiger partial charge in [0, 0.05) is 10.8 Å². The van der Waals surface area contributed by atoms with Crippen LogP contribution < -0.4 is 20.7 Å². The van der Waals surface area contributed by atoms with Crippen LogP contribution in [0.15, 0.2) is 170 Å². The van der Waals surface area contributed by atoms with Crippen LogP contribution >= 0.6 is 0 Å². The Labute approximate surface area is 291 Å². The lowest BCUT2D eigenvalue weighted by Crippen LogP contribution is -2.75. The van der Waals surface area contributed by atoms with Crippen LogP contribution in [0.4, 0.5) is 0 Å². The lowest BCUT2D eigenvalue weighted by molar-refractivity contribution is 1.17. The minimum Gasteiger partial charge on any atom is -0.308 e. The Morgan fingerprint density at radius 2 is 0.940 bits per heavy atom. The SMILES string of the molecule is N#Cc1ccc2c(c1)c1ccccc1n2-c1ccc(-c2ccc([Si](c3ccccc3)(c3ccccc3)c3ccccc3)c(C#N)c2)cc1C#N. The highest BCUT2D eigenvalue weighted by Gasteiger charge is 2.43. The van der Waals surface area contributed by atoms with Crippen molar-refractivity contribution in [2.24, 2.45) is 0 Å². The van der Waals surface area contributed by atoms with E-state index in [9.17, 15) is 15.8 Å². The van der Waals surface area contributed by atoms with Crippen LogP contribution in [-0.4, -0.2) is 12.6 Å². The zero-order valence-corrected chi connectivity index (χ0v) is 28.0. The number of nitriles is 3. The summed E-state index contributed by atoms with van der Waals surface area (Å²) in [6.45, 7) is 0. The second kappa shape index (κ2) is 12.6. The molecule has 0 aliphatic carbocycles. The first-order valence-electron chi connectivity index (χ1n) is 16.4. The molecule has 1 heterocycles. The smallest absolute Gasteiger partial charge is 0.180 e. The lowest BCUT2D eigenvalue weighted by Gasteiger charge is -2.35. The van der Waals surface area contributed by atoms with E-state index >= 15 is 0 Å². The molecule has 0 saturated carbocycles. The van der Waals surface area contributed by atoms with Gasteiger partial charge in [0.1, 0.15) is 6.07 Å². The van der Waals surface area contributed by atoms with Crippen LogP contribution in [0.3, 0.4) is 0 Å². The Morgan fingerprint density at radius 3 is 1.52 bits per heavy atom. The van der Waals surface area contributed by atoms with Gasteiger partial charge in [0.15, 0.2) is 8.07 Å². The summed E-state index contributed by atoms with van der Waals surface area (Å²) in [5.41, 5.74) is 6.08. The molecule has 0 spiro atoms. The molecule has 0 saturated heterocycles. The van der Waals surface area contributed by atoms with Gasteiger partial charge in [-0.2, -0.15) is 15.8 Å². The molecule has 0 bridgehead atoms. The van der Waals surface area contributed by atoms with Gasteiger partial charge in [-0.05, 0) is 74.3 Å². The van der Waals surface area contributed by atoms with Gasteiger partial charge in [-0.3, -0.25) is 0 Å². The van der Waals surface area contributed by atoms with Gasteiger partial charge in [0.05, 0.1) is 45.5 Å². The summed E-state index contributed by atoms with van der Waals surface area (Å²) in [6, 6.07) is 64.8. The van der Waals surface area contributed by atoms with Gasteiger partial charge in [0.2, 0.25) is 0 Å². The van der Waals surface area contributed by atoms with E-state index in [0.717, 1.165) is 43.8 Å². The molecule has 5 heteroatoms. The first kappa shape index (κ1) is 30.4. The number of fused-ring (bicyclic) bond motifs is 3. The summed E-state index contributed by atoms with van der Waals surface area (Å²) in [4.78, 5) is 0. The van der Waals surface area contributed by atoms with Gasteiger partial charge in [-0.15, -0.1) is 0 Å². The Morgan fingerprint density at radius 1 is 0.420 bits per heavy atom. The predicted molar refractivity (Wildman–Crippen MR) is 204 cm³/mol. The van der Waals surface area contributed by atoms with Gasteiger partial charge in [-0.25, -0.2) is 0 Å². The molecule has 8 aromatic rings. The van der Waals surface area contributed by atoms with Crippen LogP contribution in [0.25, 0.3) is 38.6 Å². The number of aromatic nitrogens is 1. The van der Waals surface area contributed by atoms with Gasteiger partial charge in [-0.1, -0.05) is 127 Å². The molecule has 4 nitrogen and oxygen atoms in total. The minimum absolute atomic E-state index is 0.513. The molecule has 0 unspecified atom stereocenters. The van der Waals surface area contributed by atoms with Crippen LogP contribution in [0.5, 0.6) is 0 Å². The van der Waals surface area contributed by atoms with E-state index in [1.807, 2.05) is 84.9 Å². The fourth-order valence-electron chi connectivity index (χ4n) is 7.48. The van der Waals surface area contributed by atoms with E-state index in [0.29, 0.717) is 16.7 Å². The van der Waals surface area contributed by atoms with Gasteiger partial charge in [0.25, 0.3) is 0 Å². The number of para-hydroxylation sites is 1. The second-order valence-corrected chi connectivity index (χ2v) is 16.0.